The molecule has 0 atom stereocenters. The first kappa shape index (κ1) is 21.4. The van der Waals surface area contributed by atoms with Crippen LogP contribution in [0.15, 0.2) is 71.8 Å². The lowest BCUT2D eigenvalue weighted by molar-refractivity contribution is 0.0726. The van der Waals surface area contributed by atoms with Crippen LogP contribution in [-0.2, 0) is 0 Å². The average Bonchev–Trinajstić information content (AvgIpc) is 2.80. The van der Waals surface area contributed by atoms with Crippen LogP contribution in [0, 0.1) is 0 Å². The van der Waals surface area contributed by atoms with Crippen LogP contribution in [0.4, 0.5) is 0 Å². The van der Waals surface area contributed by atoms with Gasteiger partial charge in [0.15, 0.2) is 11.5 Å². The van der Waals surface area contributed by atoms with E-state index in [0.717, 1.165) is 0 Å². The van der Waals surface area contributed by atoms with E-state index in [2.05, 4.69) is 10.5 Å². The fourth-order valence-electron chi connectivity index (χ4n) is 2.66. The van der Waals surface area contributed by atoms with Crippen LogP contribution >= 0.6 is 0 Å². The Balaban J connectivity index is 1.69. The van der Waals surface area contributed by atoms with Gasteiger partial charge >= 0.3 is 5.97 Å². The Bertz CT molecular complexity index is 1110. The van der Waals surface area contributed by atoms with Crippen molar-refractivity contribution in [2.24, 2.45) is 5.10 Å². The fraction of sp³-hybridized carbons (Fsp3) is 0.0870. The quantitative estimate of drug-likeness (QED) is 0.263. The summed E-state index contributed by atoms with van der Waals surface area (Å²) >= 11 is 0. The Morgan fingerprint density at radius 1 is 0.903 bits per heavy atom. The zero-order chi connectivity index (χ0) is 22.2. The van der Waals surface area contributed by atoms with Crippen LogP contribution in [0.3, 0.4) is 0 Å². The number of esters is 1. The van der Waals surface area contributed by atoms with Crippen LogP contribution in [-0.4, -0.2) is 37.4 Å². The van der Waals surface area contributed by atoms with Crippen molar-refractivity contribution in [3.63, 3.8) is 0 Å². The number of carbonyl (C=O) groups excluding carboxylic acids is 2. The van der Waals surface area contributed by atoms with Gasteiger partial charge < -0.3 is 19.3 Å². The third-order valence-electron chi connectivity index (χ3n) is 4.23. The van der Waals surface area contributed by atoms with Crippen molar-refractivity contribution in [3.05, 3.63) is 83.4 Å². The molecule has 31 heavy (non-hydrogen) atoms. The molecule has 0 saturated carbocycles. The molecular formula is C23H20N2O6. The number of hydrazone groups is 1. The second-order valence-corrected chi connectivity index (χ2v) is 6.25. The van der Waals surface area contributed by atoms with Gasteiger partial charge in [0.25, 0.3) is 5.91 Å². The topological polar surface area (TPSA) is 106 Å². The predicted molar refractivity (Wildman–Crippen MR) is 114 cm³/mol. The first-order valence-electron chi connectivity index (χ1n) is 9.17. The van der Waals surface area contributed by atoms with Crippen molar-refractivity contribution in [2.45, 2.75) is 0 Å². The van der Waals surface area contributed by atoms with Gasteiger partial charge in [0.1, 0.15) is 17.1 Å². The van der Waals surface area contributed by atoms with E-state index >= 15 is 0 Å². The number of benzene rings is 3. The summed E-state index contributed by atoms with van der Waals surface area (Å²) in [7, 11) is 2.92. The molecule has 0 aliphatic heterocycles. The minimum atomic E-state index is -0.585. The summed E-state index contributed by atoms with van der Waals surface area (Å²) in [5.74, 6) is 0.00267. The molecule has 8 heteroatoms. The molecule has 2 N–H and O–H groups in total. The number of methoxy groups -OCH3 is 2. The van der Waals surface area contributed by atoms with E-state index in [0.29, 0.717) is 22.6 Å². The summed E-state index contributed by atoms with van der Waals surface area (Å²) in [6.45, 7) is 0. The first-order chi connectivity index (χ1) is 15.0. The lowest BCUT2D eigenvalue weighted by Gasteiger charge is -2.11. The number of para-hydroxylation sites is 1. The van der Waals surface area contributed by atoms with E-state index in [1.54, 1.807) is 42.5 Å². The smallest absolute Gasteiger partial charge is 0.347 e. The highest BCUT2D eigenvalue weighted by atomic mass is 16.6. The van der Waals surface area contributed by atoms with E-state index < -0.39 is 11.9 Å². The maximum absolute atomic E-state index is 12.5. The van der Waals surface area contributed by atoms with Gasteiger partial charge in [-0.2, -0.15) is 5.10 Å². The number of phenolic OH excluding ortho intramolecular Hbond substituents is 1. The number of hydrogen-bond donors (Lipinski definition) is 2. The molecule has 0 heterocycles. The van der Waals surface area contributed by atoms with Gasteiger partial charge in [-0.05, 0) is 60.2 Å². The third kappa shape index (κ3) is 5.39. The number of nitrogens with one attached hydrogen (secondary N) is 1. The summed E-state index contributed by atoms with van der Waals surface area (Å²) in [5.41, 5.74) is 3.64. The molecule has 3 rings (SSSR count). The monoisotopic (exact) mass is 420 g/mol. The Hall–Kier alpha value is -4.33. The lowest BCUT2D eigenvalue weighted by Crippen LogP contribution is -2.17. The highest BCUT2D eigenvalue weighted by Gasteiger charge is 2.16. The largest absolute Gasteiger partial charge is 0.508 e. The Kier molecular flexibility index (Phi) is 6.85. The molecule has 0 aliphatic carbocycles. The number of phenols is 1. The molecule has 0 fully saturated rings. The van der Waals surface area contributed by atoms with Gasteiger partial charge in [-0.15, -0.1) is 0 Å². The molecule has 0 aromatic heterocycles. The molecule has 158 valence electrons. The molecule has 0 saturated heterocycles. The maximum Gasteiger partial charge on any atom is 0.347 e. The van der Waals surface area contributed by atoms with Crippen molar-refractivity contribution in [2.75, 3.05) is 14.2 Å². The number of nitrogens with zero attached hydrogens (tertiary/aromatic N) is 1. The minimum absolute atomic E-state index is 0.0682. The average molecular weight is 420 g/mol. The number of carbonyl (C=O) groups is 2. The number of hydrogen-bond acceptors (Lipinski definition) is 7. The zero-order valence-corrected chi connectivity index (χ0v) is 16.9. The Labute approximate surface area is 178 Å². The SMILES string of the molecule is COc1cc(/C=N\NC(=O)c2ccc(O)cc2)ccc1OC(=O)c1ccccc1OC. The van der Waals surface area contributed by atoms with Crippen molar-refractivity contribution in [3.8, 4) is 23.0 Å². The second-order valence-electron chi connectivity index (χ2n) is 6.25. The molecule has 3 aromatic rings. The van der Waals surface area contributed by atoms with Crippen molar-refractivity contribution < 1.29 is 28.9 Å². The molecule has 1 amide bonds. The molecule has 0 radical (unpaired) electrons. The molecule has 0 bridgehead atoms. The molecule has 3 aromatic carbocycles. The number of rotatable bonds is 7. The summed E-state index contributed by atoms with van der Waals surface area (Å²) in [4.78, 5) is 24.5. The standard InChI is InChI=1S/C23H20N2O6/c1-29-19-6-4-3-5-18(19)23(28)31-20-12-7-15(13-21(20)30-2)14-24-25-22(27)16-8-10-17(26)11-9-16/h3-14,26H,1-2H3,(H,25,27)/b24-14-. The molecule has 0 aliphatic rings. The van der Waals surface area contributed by atoms with Gasteiger partial charge in [0.05, 0.1) is 20.4 Å². The van der Waals surface area contributed by atoms with Crippen LogP contribution < -0.4 is 19.6 Å². The van der Waals surface area contributed by atoms with Gasteiger partial charge in [0.2, 0.25) is 0 Å². The summed E-state index contributed by atoms with van der Waals surface area (Å²) < 4.78 is 15.9. The van der Waals surface area contributed by atoms with Gasteiger partial charge in [-0.25, -0.2) is 10.2 Å². The highest BCUT2D eigenvalue weighted by Crippen LogP contribution is 2.29. The van der Waals surface area contributed by atoms with Crippen LogP contribution in [0.2, 0.25) is 0 Å². The van der Waals surface area contributed by atoms with Gasteiger partial charge in [-0.3, -0.25) is 4.79 Å². The van der Waals surface area contributed by atoms with E-state index in [9.17, 15) is 14.7 Å². The number of amides is 1. The molecular weight excluding hydrogens is 400 g/mol. The Morgan fingerprint density at radius 2 is 1.61 bits per heavy atom. The van der Waals surface area contributed by atoms with Crippen molar-refractivity contribution in [1.29, 1.82) is 0 Å². The maximum atomic E-state index is 12.5. The summed E-state index contributed by atoms with van der Waals surface area (Å²) in [6, 6.07) is 17.4. The van der Waals surface area contributed by atoms with Gasteiger partial charge in [-0.1, -0.05) is 12.1 Å². The highest BCUT2D eigenvalue weighted by molar-refractivity contribution is 5.95. The number of aromatic hydroxyl groups is 1. The van der Waals surface area contributed by atoms with E-state index in [4.69, 9.17) is 14.2 Å². The van der Waals surface area contributed by atoms with Gasteiger partial charge in [0, 0.05) is 5.56 Å². The van der Waals surface area contributed by atoms with E-state index in [1.807, 2.05) is 0 Å². The second kappa shape index (κ2) is 9.93. The minimum Gasteiger partial charge on any atom is -0.508 e. The summed E-state index contributed by atoms with van der Waals surface area (Å²) in [6.07, 6.45) is 1.42. The van der Waals surface area contributed by atoms with Crippen molar-refractivity contribution >= 4 is 18.1 Å². The number of ether oxygens (including phenoxy) is 3. The van der Waals surface area contributed by atoms with Crippen LogP contribution in [0.5, 0.6) is 23.0 Å². The molecule has 8 nitrogen and oxygen atoms in total. The molecule has 0 spiro atoms. The van der Waals surface area contributed by atoms with E-state index in [-0.39, 0.29) is 17.1 Å². The van der Waals surface area contributed by atoms with E-state index in [1.165, 1.54) is 44.7 Å². The van der Waals surface area contributed by atoms with Crippen LogP contribution in [0.1, 0.15) is 26.3 Å². The third-order valence-corrected chi connectivity index (χ3v) is 4.23. The molecule has 0 unspecified atom stereocenters. The lowest BCUT2D eigenvalue weighted by atomic mass is 10.2. The summed E-state index contributed by atoms with van der Waals surface area (Å²) in [5, 5.41) is 13.2. The van der Waals surface area contributed by atoms with Crippen molar-refractivity contribution in [1.82, 2.24) is 5.43 Å². The fourth-order valence-corrected chi connectivity index (χ4v) is 2.66. The predicted octanol–water partition coefficient (Wildman–Crippen LogP) is 3.39. The zero-order valence-electron chi connectivity index (χ0n) is 16.9. The Morgan fingerprint density at radius 3 is 2.32 bits per heavy atom. The first-order valence-corrected chi connectivity index (χ1v) is 9.17. The van der Waals surface area contributed by atoms with Crippen LogP contribution in [0.25, 0.3) is 0 Å². The normalized spacial score (nSPS) is 10.5.